The Hall–Kier alpha value is -2.03. The fraction of sp³-hybridized carbons (Fsp3) is 0.792. The summed E-state index contributed by atoms with van der Waals surface area (Å²) in [5.41, 5.74) is 0. The number of esters is 2. The van der Waals surface area contributed by atoms with E-state index in [1.54, 1.807) is 0 Å². The molecule has 0 spiro atoms. The van der Waals surface area contributed by atoms with Crippen LogP contribution in [0.2, 0.25) is 0 Å². The van der Waals surface area contributed by atoms with E-state index in [9.17, 15) is 19.0 Å². The molecular weight excluding hydrogens is 750 g/mol. The first-order chi connectivity index (χ1) is 28.0. The van der Waals surface area contributed by atoms with Crippen molar-refractivity contribution < 1.29 is 42.1 Å². The number of hydrogen-bond donors (Lipinski definition) is 1. The number of phosphoric ester groups is 1. The summed E-state index contributed by atoms with van der Waals surface area (Å²) in [4.78, 5) is 35.3. The molecule has 0 saturated carbocycles. The lowest BCUT2D eigenvalue weighted by Crippen LogP contribution is -2.37. The quantitative estimate of drug-likeness (QED) is 0.0213. The molecule has 0 bridgehead atoms. The smallest absolute Gasteiger partial charge is 0.462 e. The van der Waals surface area contributed by atoms with Gasteiger partial charge < -0.3 is 18.9 Å². The van der Waals surface area contributed by atoms with Gasteiger partial charge in [-0.25, -0.2) is 4.57 Å². The monoisotopic (exact) mass is 839 g/mol. The number of unbranched alkanes of at least 4 members (excludes halogenated alkanes) is 20. The minimum Gasteiger partial charge on any atom is -0.462 e. The van der Waals surface area contributed by atoms with Crippen LogP contribution in [0.3, 0.4) is 0 Å². The zero-order chi connectivity index (χ0) is 42.8. The Morgan fingerprint density at radius 2 is 0.983 bits per heavy atom. The number of carbonyl (C=O) groups excluding carboxylic acids is 2. The van der Waals surface area contributed by atoms with E-state index in [2.05, 4.69) is 62.5 Å². The van der Waals surface area contributed by atoms with Gasteiger partial charge in [-0.3, -0.25) is 18.6 Å². The number of quaternary nitrogens is 1. The van der Waals surface area contributed by atoms with Crippen molar-refractivity contribution in [2.45, 2.75) is 200 Å². The molecular formula is C48H89NO8P+. The molecule has 0 rings (SSSR count). The third-order valence-corrected chi connectivity index (χ3v) is 10.9. The van der Waals surface area contributed by atoms with E-state index in [4.69, 9.17) is 18.5 Å². The van der Waals surface area contributed by atoms with Crippen molar-refractivity contribution in [3.8, 4) is 0 Å². The first-order valence-electron chi connectivity index (χ1n) is 23.4. The van der Waals surface area contributed by atoms with Crippen molar-refractivity contribution in [1.29, 1.82) is 0 Å². The highest BCUT2D eigenvalue weighted by molar-refractivity contribution is 7.47. The van der Waals surface area contributed by atoms with Gasteiger partial charge in [-0.15, -0.1) is 0 Å². The van der Waals surface area contributed by atoms with Gasteiger partial charge in [-0.1, -0.05) is 178 Å². The van der Waals surface area contributed by atoms with Crippen molar-refractivity contribution in [2.75, 3.05) is 47.5 Å². The lowest BCUT2D eigenvalue weighted by Gasteiger charge is -2.24. The average Bonchev–Trinajstić information content (AvgIpc) is 3.17. The fourth-order valence-electron chi connectivity index (χ4n) is 6.24. The Kier molecular flexibility index (Phi) is 39.0. The van der Waals surface area contributed by atoms with Crippen LogP contribution in [0.25, 0.3) is 0 Å². The average molecular weight is 839 g/mol. The second-order valence-electron chi connectivity index (χ2n) is 16.8. The van der Waals surface area contributed by atoms with Crippen molar-refractivity contribution in [1.82, 2.24) is 0 Å². The summed E-state index contributed by atoms with van der Waals surface area (Å²) in [5, 5.41) is 0. The number of phosphoric acid groups is 1. The zero-order valence-electron chi connectivity index (χ0n) is 38.0. The summed E-state index contributed by atoms with van der Waals surface area (Å²) < 4.78 is 34.3. The van der Waals surface area contributed by atoms with Crippen LogP contribution in [0.5, 0.6) is 0 Å². The molecule has 0 aromatic carbocycles. The Labute approximate surface area is 356 Å². The lowest BCUT2D eigenvalue weighted by molar-refractivity contribution is -0.870. The predicted molar refractivity (Wildman–Crippen MR) is 243 cm³/mol. The van der Waals surface area contributed by atoms with E-state index in [-0.39, 0.29) is 32.0 Å². The SMILES string of the molecule is CC/C=C\C/C=C\C/C=C\C/C=C\CCCCCCCCCCCCCCC(=O)OC(COC(=O)CCCCCCCCCCC)COP(=O)(O)OCC[N+](C)(C)C. The molecule has 0 radical (unpaired) electrons. The molecule has 1 N–H and O–H groups in total. The van der Waals surface area contributed by atoms with E-state index >= 15 is 0 Å². The van der Waals surface area contributed by atoms with Crippen LogP contribution < -0.4 is 0 Å². The van der Waals surface area contributed by atoms with Crippen LogP contribution >= 0.6 is 7.82 Å². The summed E-state index contributed by atoms with van der Waals surface area (Å²) in [6, 6.07) is 0. The second-order valence-corrected chi connectivity index (χ2v) is 18.2. The lowest BCUT2D eigenvalue weighted by atomic mass is 10.0. The number of ether oxygens (including phenoxy) is 2. The first kappa shape index (κ1) is 56.0. The van der Waals surface area contributed by atoms with Crippen molar-refractivity contribution >= 4 is 19.8 Å². The number of nitrogens with zero attached hydrogens (tertiary/aromatic N) is 1. The summed E-state index contributed by atoms with van der Waals surface area (Å²) in [7, 11) is 1.47. The third kappa shape index (κ3) is 43.5. The molecule has 0 fully saturated rings. The molecule has 0 amide bonds. The molecule has 58 heavy (non-hydrogen) atoms. The van der Waals surface area contributed by atoms with Crippen LogP contribution in [0.4, 0.5) is 0 Å². The third-order valence-electron chi connectivity index (χ3n) is 9.87. The van der Waals surface area contributed by atoms with Gasteiger partial charge in [0.25, 0.3) is 0 Å². The molecule has 0 aliphatic rings. The molecule has 0 saturated heterocycles. The molecule has 0 aromatic rings. The highest BCUT2D eigenvalue weighted by Crippen LogP contribution is 2.43. The van der Waals surface area contributed by atoms with E-state index in [1.165, 1.54) is 96.3 Å². The van der Waals surface area contributed by atoms with Gasteiger partial charge in [0.15, 0.2) is 6.10 Å². The van der Waals surface area contributed by atoms with Crippen LogP contribution in [0.15, 0.2) is 48.6 Å². The summed E-state index contributed by atoms with van der Waals surface area (Å²) in [6.45, 7) is 4.29. The Morgan fingerprint density at radius 1 is 0.552 bits per heavy atom. The van der Waals surface area contributed by atoms with Crippen molar-refractivity contribution in [2.24, 2.45) is 0 Å². The summed E-state index contributed by atoms with van der Waals surface area (Å²) in [5.74, 6) is -0.801. The Morgan fingerprint density at radius 3 is 1.47 bits per heavy atom. The van der Waals surface area contributed by atoms with E-state index in [0.29, 0.717) is 17.4 Å². The standard InChI is InChI=1S/C48H88NO8P/c1-6-8-10-12-14-16-17-18-19-20-21-22-23-24-25-26-27-28-29-30-31-33-35-37-39-41-48(51)57-46(45-56-58(52,53)55-43-42-49(3,4)5)44-54-47(50)40-38-36-34-32-15-13-11-9-7-2/h8,10,14,16,18-19,21-22,46H,6-7,9,11-13,15,17,20,23-45H2,1-5H3/p+1/b10-8-,16-14-,19-18-,22-21-. The highest BCUT2D eigenvalue weighted by Gasteiger charge is 2.27. The van der Waals surface area contributed by atoms with Crippen molar-refractivity contribution in [3.63, 3.8) is 0 Å². The molecule has 2 atom stereocenters. The number of allylic oxidation sites excluding steroid dienone is 8. The molecule has 0 aliphatic heterocycles. The first-order valence-corrected chi connectivity index (χ1v) is 24.9. The molecule has 338 valence electrons. The molecule has 0 aromatic heterocycles. The van der Waals surface area contributed by atoms with Crippen LogP contribution in [-0.4, -0.2) is 74.9 Å². The van der Waals surface area contributed by atoms with Gasteiger partial charge in [0, 0.05) is 12.8 Å². The largest absolute Gasteiger partial charge is 0.472 e. The second kappa shape index (κ2) is 40.4. The summed E-state index contributed by atoms with van der Waals surface area (Å²) in [6.07, 6.45) is 47.4. The molecule has 9 nitrogen and oxygen atoms in total. The van der Waals surface area contributed by atoms with Gasteiger partial charge in [0.05, 0.1) is 27.7 Å². The minimum absolute atomic E-state index is 0.0314. The van der Waals surface area contributed by atoms with E-state index in [1.807, 2.05) is 21.1 Å². The van der Waals surface area contributed by atoms with Gasteiger partial charge in [-0.2, -0.15) is 0 Å². The number of carbonyl (C=O) groups is 2. The number of likely N-dealkylation sites (N-methyl/N-ethyl adjacent to an activating group) is 1. The van der Waals surface area contributed by atoms with Gasteiger partial charge in [0.2, 0.25) is 0 Å². The molecule has 0 heterocycles. The van der Waals surface area contributed by atoms with Crippen LogP contribution in [0, 0.1) is 0 Å². The van der Waals surface area contributed by atoms with Gasteiger partial charge in [-0.05, 0) is 51.4 Å². The van der Waals surface area contributed by atoms with E-state index < -0.39 is 26.5 Å². The maximum Gasteiger partial charge on any atom is 0.472 e. The molecule has 0 aliphatic carbocycles. The fourth-order valence-corrected chi connectivity index (χ4v) is 6.98. The van der Waals surface area contributed by atoms with Crippen LogP contribution in [0.1, 0.15) is 194 Å². The number of hydrogen-bond acceptors (Lipinski definition) is 7. The predicted octanol–water partition coefficient (Wildman–Crippen LogP) is 13.5. The topological polar surface area (TPSA) is 108 Å². The van der Waals surface area contributed by atoms with E-state index in [0.717, 1.165) is 64.2 Å². The van der Waals surface area contributed by atoms with Gasteiger partial charge in [0.1, 0.15) is 19.8 Å². The Balaban J connectivity index is 4.17. The van der Waals surface area contributed by atoms with Crippen molar-refractivity contribution in [3.05, 3.63) is 48.6 Å². The molecule has 10 heteroatoms. The van der Waals surface area contributed by atoms with Crippen LogP contribution in [-0.2, 0) is 32.7 Å². The molecule has 2 unspecified atom stereocenters. The summed E-state index contributed by atoms with van der Waals surface area (Å²) >= 11 is 0. The zero-order valence-corrected chi connectivity index (χ0v) is 38.9. The highest BCUT2D eigenvalue weighted by atomic mass is 31.2. The maximum atomic E-state index is 12.7. The Bertz CT molecular complexity index is 1130. The maximum absolute atomic E-state index is 12.7. The van der Waals surface area contributed by atoms with Gasteiger partial charge >= 0.3 is 19.8 Å². The normalized spacial score (nSPS) is 14.0. The number of rotatable bonds is 42. The minimum atomic E-state index is -4.37.